The zero-order chi connectivity index (χ0) is 12.3. The van der Waals surface area contributed by atoms with E-state index >= 15 is 0 Å². The second kappa shape index (κ2) is 5.65. The van der Waals surface area contributed by atoms with Crippen LogP contribution in [0.25, 0.3) is 0 Å². The van der Waals surface area contributed by atoms with Gasteiger partial charge >= 0.3 is 5.97 Å². The van der Waals surface area contributed by atoms with Crippen molar-refractivity contribution in [3.8, 4) is 0 Å². The molecule has 0 aromatic carbocycles. The molecular weight excluding hydrogens is 218 g/mol. The van der Waals surface area contributed by atoms with Crippen LogP contribution in [0.1, 0.15) is 26.2 Å². The van der Waals surface area contributed by atoms with Gasteiger partial charge in [0.1, 0.15) is 0 Å². The predicted molar refractivity (Wildman–Crippen MR) is 64.9 cm³/mol. The maximum Gasteiger partial charge on any atom is 0.310 e. The molecule has 1 fully saturated rings. The van der Waals surface area contributed by atoms with Gasteiger partial charge in [0, 0.05) is 12.1 Å². The molecule has 17 heavy (non-hydrogen) atoms. The van der Waals surface area contributed by atoms with Crippen LogP contribution >= 0.6 is 0 Å². The van der Waals surface area contributed by atoms with Crippen LogP contribution in [-0.2, 0) is 9.53 Å². The van der Waals surface area contributed by atoms with E-state index < -0.39 is 5.97 Å². The van der Waals surface area contributed by atoms with Crippen molar-refractivity contribution < 1.29 is 14.6 Å². The first-order valence-corrected chi connectivity index (χ1v) is 6.47. The zero-order valence-electron chi connectivity index (χ0n) is 10.3. The Morgan fingerprint density at radius 2 is 2.35 bits per heavy atom. The lowest BCUT2D eigenvalue weighted by Crippen LogP contribution is -2.48. The lowest BCUT2D eigenvalue weighted by molar-refractivity contribution is -0.143. The zero-order valence-corrected chi connectivity index (χ0v) is 10.3. The van der Waals surface area contributed by atoms with Crippen molar-refractivity contribution in [2.75, 3.05) is 19.8 Å². The molecule has 4 heteroatoms. The van der Waals surface area contributed by atoms with Crippen LogP contribution in [0.5, 0.6) is 0 Å². The standard InChI is InChI=1S/C13H21NO3/c1-2-14(10-6-4-3-5-7-10)12-9-17-8-11(12)13(15)16/h4,6,10-12H,2-3,5,7-9H2,1H3,(H,15,16). The van der Waals surface area contributed by atoms with E-state index in [4.69, 9.17) is 4.74 Å². The number of hydrogen-bond donors (Lipinski definition) is 1. The normalized spacial score (nSPS) is 33.2. The minimum Gasteiger partial charge on any atom is -0.481 e. The van der Waals surface area contributed by atoms with E-state index in [-0.39, 0.29) is 12.0 Å². The Morgan fingerprint density at radius 3 is 2.94 bits per heavy atom. The van der Waals surface area contributed by atoms with Crippen LogP contribution in [0.3, 0.4) is 0 Å². The van der Waals surface area contributed by atoms with E-state index in [1.165, 1.54) is 6.42 Å². The number of carbonyl (C=O) groups is 1. The molecule has 0 bridgehead atoms. The van der Waals surface area contributed by atoms with Crippen LogP contribution in [0.2, 0.25) is 0 Å². The average molecular weight is 239 g/mol. The average Bonchev–Trinajstić information content (AvgIpc) is 2.81. The summed E-state index contributed by atoms with van der Waals surface area (Å²) in [5, 5.41) is 9.20. The van der Waals surface area contributed by atoms with Gasteiger partial charge in [-0.15, -0.1) is 0 Å². The van der Waals surface area contributed by atoms with E-state index in [9.17, 15) is 9.90 Å². The first-order valence-electron chi connectivity index (χ1n) is 6.47. The van der Waals surface area contributed by atoms with Crippen molar-refractivity contribution >= 4 is 5.97 Å². The number of likely N-dealkylation sites (N-methyl/N-ethyl adjacent to an activating group) is 1. The van der Waals surface area contributed by atoms with Crippen molar-refractivity contribution in [2.45, 2.75) is 38.3 Å². The molecule has 2 aliphatic rings. The smallest absolute Gasteiger partial charge is 0.310 e. The van der Waals surface area contributed by atoms with Crippen LogP contribution < -0.4 is 0 Å². The van der Waals surface area contributed by atoms with E-state index in [0.29, 0.717) is 19.3 Å². The number of aliphatic carboxylic acids is 1. The minimum atomic E-state index is -0.731. The first-order chi connectivity index (χ1) is 8.24. The van der Waals surface area contributed by atoms with E-state index in [1.807, 2.05) is 0 Å². The Balaban J connectivity index is 2.08. The van der Waals surface area contributed by atoms with Crippen LogP contribution in [0.4, 0.5) is 0 Å². The van der Waals surface area contributed by atoms with Crippen LogP contribution in [0, 0.1) is 5.92 Å². The molecule has 0 spiro atoms. The Bertz CT molecular complexity index is 303. The van der Waals surface area contributed by atoms with Gasteiger partial charge in [-0.05, 0) is 25.8 Å². The number of rotatable bonds is 4. The van der Waals surface area contributed by atoms with Crippen LogP contribution in [0.15, 0.2) is 12.2 Å². The summed E-state index contributed by atoms with van der Waals surface area (Å²) in [6, 6.07) is 0.424. The number of allylic oxidation sites excluding steroid dienone is 1. The van der Waals surface area contributed by atoms with Gasteiger partial charge in [0.15, 0.2) is 0 Å². The van der Waals surface area contributed by atoms with Crippen molar-refractivity contribution in [3.05, 3.63) is 12.2 Å². The second-order valence-electron chi connectivity index (χ2n) is 4.81. The lowest BCUT2D eigenvalue weighted by atomic mass is 9.96. The van der Waals surface area contributed by atoms with Crippen molar-refractivity contribution in [1.29, 1.82) is 0 Å². The van der Waals surface area contributed by atoms with Crippen molar-refractivity contribution in [1.82, 2.24) is 4.90 Å². The Morgan fingerprint density at radius 1 is 1.53 bits per heavy atom. The highest BCUT2D eigenvalue weighted by Gasteiger charge is 2.39. The molecule has 2 rings (SSSR count). The second-order valence-corrected chi connectivity index (χ2v) is 4.81. The van der Waals surface area contributed by atoms with Crippen LogP contribution in [-0.4, -0.2) is 47.8 Å². The molecule has 1 N–H and O–H groups in total. The number of ether oxygens (including phenoxy) is 1. The number of nitrogens with zero attached hydrogens (tertiary/aromatic N) is 1. The summed E-state index contributed by atoms with van der Waals surface area (Å²) in [5.74, 6) is -1.10. The van der Waals surface area contributed by atoms with Gasteiger partial charge in [-0.3, -0.25) is 9.69 Å². The van der Waals surface area contributed by atoms with Gasteiger partial charge in [0.2, 0.25) is 0 Å². The summed E-state index contributed by atoms with van der Waals surface area (Å²) in [6.45, 7) is 3.88. The van der Waals surface area contributed by atoms with Gasteiger partial charge in [0.05, 0.1) is 19.1 Å². The topological polar surface area (TPSA) is 49.8 Å². The molecule has 4 nitrogen and oxygen atoms in total. The number of hydrogen-bond acceptors (Lipinski definition) is 3. The molecule has 1 aliphatic carbocycles. The Kier molecular flexibility index (Phi) is 4.18. The number of carboxylic acids is 1. The fourth-order valence-electron chi connectivity index (χ4n) is 2.89. The molecule has 96 valence electrons. The van der Waals surface area contributed by atoms with E-state index in [1.54, 1.807) is 0 Å². The molecule has 0 radical (unpaired) electrons. The highest BCUT2D eigenvalue weighted by atomic mass is 16.5. The Hall–Kier alpha value is -0.870. The third-order valence-electron chi connectivity index (χ3n) is 3.81. The molecule has 0 aromatic heterocycles. The summed E-state index contributed by atoms with van der Waals surface area (Å²) >= 11 is 0. The molecule has 3 atom stereocenters. The van der Waals surface area contributed by atoms with E-state index in [2.05, 4.69) is 24.0 Å². The van der Waals surface area contributed by atoms with Gasteiger partial charge in [-0.1, -0.05) is 19.1 Å². The Labute approximate surface area is 102 Å². The molecule has 0 aromatic rings. The SMILES string of the molecule is CCN(C1C=CCCC1)C1COCC1C(=O)O. The summed E-state index contributed by atoms with van der Waals surface area (Å²) in [6.07, 6.45) is 7.92. The van der Waals surface area contributed by atoms with Gasteiger partial charge in [-0.2, -0.15) is 0 Å². The van der Waals surface area contributed by atoms with Crippen molar-refractivity contribution in [3.63, 3.8) is 0 Å². The molecule has 1 aliphatic heterocycles. The van der Waals surface area contributed by atoms with Gasteiger partial charge in [0.25, 0.3) is 0 Å². The van der Waals surface area contributed by atoms with Gasteiger partial charge < -0.3 is 9.84 Å². The predicted octanol–water partition coefficient (Wildman–Crippen LogP) is 1.52. The highest BCUT2D eigenvalue weighted by Crippen LogP contribution is 2.26. The van der Waals surface area contributed by atoms with Gasteiger partial charge in [-0.25, -0.2) is 0 Å². The lowest BCUT2D eigenvalue weighted by Gasteiger charge is -2.36. The summed E-state index contributed by atoms with van der Waals surface area (Å²) in [7, 11) is 0. The monoisotopic (exact) mass is 239 g/mol. The molecule has 1 heterocycles. The third kappa shape index (κ3) is 2.69. The summed E-state index contributed by atoms with van der Waals surface area (Å²) in [4.78, 5) is 13.5. The van der Waals surface area contributed by atoms with Crippen molar-refractivity contribution in [2.24, 2.45) is 5.92 Å². The molecular formula is C13H21NO3. The highest BCUT2D eigenvalue weighted by molar-refractivity contribution is 5.71. The maximum absolute atomic E-state index is 11.2. The fraction of sp³-hybridized carbons (Fsp3) is 0.769. The number of carboxylic acid groups (broad SMARTS) is 1. The first kappa shape index (κ1) is 12.6. The van der Waals surface area contributed by atoms with E-state index in [0.717, 1.165) is 19.4 Å². The minimum absolute atomic E-state index is 0.0326. The molecule has 0 amide bonds. The fourth-order valence-corrected chi connectivity index (χ4v) is 2.89. The largest absolute Gasteiger partial charge is 0.481 e. The quantitative estimate of drug-likeness (QED) is 0.756. The molecule has 3 unspecified atom stereocenters. The third-order valence-corrected chi connectivity index (χ3v) is 3.81. The maximum atomic E-state index is 11.2. The summed E-state index contributed by atoms with van der Waals surface area (Å²) in [5.41, 5.74) is 0. The molecule has 0 saturated carbocycles. The summed E-state index contributed by atoms with van der Waals surface area (Å²) < 4.78 is 5.36. The molecule has 1 saturated heterocycles.